The number of para-hydroxylation sites is 1. The number of aryl methyl sites for hydroxylation is 2. The van der Waals surface area contributed by atoms with Gasteiger partial charge in [-0.3, -0.25) is 19.1 Å². The van der Waals surface area contributed by atoms with Gasteiger partial charge in [0.1, 0.15) is 12.1 Å². The van der Waals surface area contributed by atoms with Crippen molar-refractivity contribution in [2.75, 3.05) is 31.1 Å². The van der Waals surface area contributed by atoms with Crippen molar-refractivity contribution in [1.82, 2.24) is 34.0 Å². The summed E-state index contributed by atoms with van der Waals surface area (Å²) in [5.41, 5.74) is 0.467. The third-order valence-corrected chi connectivity index (χ3v) is 5.77. The van der Waals surface area contributed by atoms with E-state index in [9.17, 15) is 14.4 Å². The number of piperazine rings is 1. The Bertz CT molecular complexity index is 1430. The first-order valence-electron chi connectivity index (χ1n) is 10.4. The van der Waals surface area contributed by atoms with Gasteiger partial charge in [0.25, 0.3) is 11.3 Å². The summed E-state index contributed by atoms with van der Waals surface area (Å²) in [6, 6.07) is 8.86. The van der Waals surface area contributed by atoms with Gasteiger partial charge in [0.05, 0.1) is 10.9 Å². The number of benzene rings is 1. The molecule has 1 N–H and O–H groups in total. The number of nitrogens with one attached hydrogen (secondary N) is 1. The van der Waals surface area contributed by atoms with E-state index < -0.39 is 11.2 Å². The van der Waals surface area contributed by atoms with Crippen molar-refractivity contribution < 1.29 is 4.79 Å². The summed E-state index contributed by atoms with van der Waals surface area (Å²) in [5.74, 6) is 1.43. The van der Waals surface area contributed by atoms with Crippen LogP contribution in [0.3, 0.4) is 0 Å². The van der Waals surface area contributed by atoms with Crippen molar-refractivity contribution in [2.24, 2.45) is 0 Å². The van der Waals surface area contributed by atoms with Gasteiger partial charge in [0, 0.05) is 50.9 Å². The molecule has 0 saturated carbocycles. The van der Waals surface area contributed by atoms with Crippen molar-refractivity contribution >= 4 is 28.4 Å². The van der Waals surface area contributed by atoms with Crippen LogP contribution in [0.1, 0.15) is 12.1 Å². The maximum atomic E-state index is 12.8. The first-order chi connectivity index (χ1) is 15.5. The molecule has 32 heavy (non-hydrogen) atoms. The standard InChI is InChI=1S/C21H22N8O3/c1-14-12-17(29-20(24-14)22-13-23-29)26-8-10-27(11-9-26)18(30)6-7-28-16-5-3-2-4-15(16)19(31)25-21(28)32/h2-5,12-13H,6-11H2,1H3,(H,25,31,32). The summed E-state index contributed by atoms with van der Waals surface area (Å²) in [7, 11) is 0. The summed E-state index contributed by atoms with van der Waals surface area (Å²) in [4.78, 5) is 52.0. The molecule has 1 amide bonds. The van der Waals surface area contributed by atoms with E-state index in [4.69, 9.17) is 0 Å². The lowest BCUT2D eigenvalue weighted by molar-refractivity contribution is -0.131. The van der Waals surface area contributed by atoms with E-state index >= 15 is 0 Å². The number of aromatic nitrogens is 6. The molecule has 0 bridgehead atoms. The smallest absolute Gasteiger partial charge is 0.328 e. The molecule has 0 atom stereocenters. The van der Waals surface area contributed by atoms with Gasteiger partial charge >= 0.3 is 5.69 Å². The van der Waals surface area contributed by atoms with E-state index in [1.807, 2.05) is 17.9 Å². The third kappa shape index (κ3) is 3.51. The van der Waals surface area contributed by atoms with Crippen LogP contribution in [-0.4, -0.2) is 66.1 Å². The average molecular weight is 434 g/mol. The number of fused-ring (bicyclic) bond motifs is 2. The van der Waals surface area contributed by atoms with E-state index in [1.54, 1.807) is 28.8 Å². The molecule has 0 aliphatic carbocycles. The molecule has 11 heteroatoms. The van der Waals surface area contributed by atoms with Crippen LogP contribution >= 0.6 is 0 Å². The molecule has 0 radical (unpaired) electrons. The number of anilines is 1. The molecule has 1 fully saturated rings. The summed E-state index contributed by atoms with van der Waals surface area (Å²) < 4.78 is 3.16. The molecule has 1 saturated heterocycles. The van der Waals surface area contributed by atoms with Crippen LogP contribution in [0.4, 0.5) is 5.82 Å². The van der Waals surface area contributed by atoms with Crippen LogP contribution in [0, 0.1) is 6.92 Å². The normalized spacial score (nSPS) is 14.4. The minimum atomic E-state index is -0.503. The van der Waals surface area contributed by atoms with Gasteiger partial charge in [-0.05, 0) is 19.1 Å². The SMILES string of the molecule is Cc1cc(N2CCN(C(=O)CCn3c(=O)[nH]c(=O)c4ccccc43)CC2)n2ncnc2n1. The molecule has 1 aliphatic heterocycles. The number of H-pyrrole nitrogens is 1. The summed E-state index contributed by atoms with van der Waals surface area (Å²) in [6.07, 6.45) is 1.66. The molecule has 4 aromatic rings. The number of aromatic amines is 1. The molecule has 164 valence electrons. The van der Waals surface area contributed by atoms with Crippen molar-refractivity contribution in [2.45, 2.75) is 19.9 Å². The Kier molecular flexibility index (Phi) is 4.92. The zero-order valence-corrected chi connectivity index (χ0v) is 17.6. The monoisotopic (exact) mass is 434 g/mol. The highest BCUT2D eigenvalue weighted by Crippen LogP contribution is 2.18. The van der Waals surface area contributed by atoms with Crippen molar-refractivity contribution in [3.63, 3.8) is 0 Å². The molecule has 1 aliphatic rings. The highest BCUT2D eigenvalue weighted by atomic mass is 16.2. The molecule has 4 heterocycles. The minimum Gasteiger partial charge on any atom is -0.353 e. The molecule has 3 aromatic heterocycles. The van der Waals surface area contributed by atoms with Crippen molar-refractivity contribution in [1.29, 1.82) is 0 Å². The second-order valence-corrected chi connectivity index (χ2v) is 7.77. The zero-order valence-electron chi connectivity index (χ0n) is 17.6. The molecule has 11 nitrogen and oxygen atoms in total. The number of rotatable bonds is 4. The Morgan fingerprint density at radius 3 is 2.72 bits per heavy atom. The van der Waals surface area contributed by atoms with Crippen LogP contribution in [0.5, 0.6) is 0 Å². The Labute approximate surface area is 181 Å². The lowest BCUT2D eigenvalue weighted by Gasteiger charge is -2.36. The first kappa shape index (κ1) is 19.9. The summed E-state index contributed by atoms with van der Waals surface area (Å²) in [6.45, 7) is 4.57. The maximum absolute atomic E-state index is 12.8. The largest absolute Gasteiger partial charge is 0.353 e. The maximum Gasteiger partial charge on any atom is 0.328 e. The van der Waals surface area contributed by atoms with Gasteiger partial charge in [-0.15, -0.1) is 0 Å². The number of hydrogen-bond donors (Lipinski definition) is 1. The van der Waals surface area contributed by atoms with E-state index in [1.165, 1.54) is 10.9 Å². The first-order valence-corrected chi connectivity index (χ1v) is 10.4. The summed E-state index contributed by atoms with van der Waals surface area (Å²) in [5, 5.41) is 4.69. The average Bonchev–Trinajstić information content (AvgIpc) is 3.27. The molecular weight excluding hydrogens is 412 g/mol. The lowest BCUT2D eigenvalue weighted by atomic mass is 10.2. The Hall–Kier alpha value is -4.02. The van der Waals surface area contributed by atoms with E-state index in [0.717, 1.165) is 11.5 Å². The second kappa shape index (κ2) is 7.91. The van der Waals surface area contributed by atoms with Gasteiger partial charge in [0.2, 0.25) is 5.91 Å². The van der Waals surface area contributed by atoms with Gasteiger partial charge in [0.15, 0.2) is 0 Å². The van der Waals surface area contributed by atoms with Gasteiger partial charge in [-0.1, -0.05) is 12.1 Å². The lowest BCUT2D eigenvalue weighted by Crippen LogP contribution is -2.49. The topological polar surface area (TPSA) is 121 Å². The van der Waals surface area contributed by atoms with Gasteiger partial charge in [-0.2, -0.15) is 14.6 Å². The van der Waals surface area contributed by atoms with E-state index in [2.05, 4.69) is 25.0 Å². The van der Waals surface area contributed by atoms with E-state index in [0.29, 0.717) is 42.9 Å². The number of nitrogens with zero attached hydrogens (tertiary/aromatic N) is 7. The molecule has 1 aromatic carbocycles. The number of carbonyl (C=O) groups is 1. The summed E-state index contributed by atoms with van der Waals surface area (Å²) >= 11 is 0. The number of carbonyl (C=O) groups excluding carboxylic acids is 1. The van der Waals surface area contributed by atoms with Crippen LogP contribution in [0.15, 0.2) is 46.2 Å². The van der Waals surface area contributed by atoms with Gasteiger partial charge < -0.3 is 9.80 Å². The van der Waals surface area contributed by atoms with Crippen LogP contribution in [-0.2, 0) is 11.3 Å². The van der Waals surface area contributed by atoms with Gasteiger partial charge in [-0.25, -0.2) is 9.78 Å². The zero-order chi connectivity index (χ0) is 22.2. The Balaban J connectivity index is 1.27. The fourth-order valence-electron chi connectivity index (χ4n) is 4.15. The predicted octanol–water partition coefficient (Wildman–Crippen LogP) is 0.175. The minimum absolute atomic E-state index is 0.0244. The quantitative estimate of drug-likeness (QED) is 0.486. The number of hydrogen-bond acceptors (Lipinski definition) is 7. The second-order valence-electron chi connectivity index (χ2n) is 7.77. The molecule has 0 spiro atoms. The molecular formula is C21H22N8O3. The van der Waals surface area contributed by atoms with Crippen LogP contribution < -0.4 is 16.1 Å². The van der Waals surface area contributed by atoms with Crippen molar-refractivity contribution in [3.8, 4) is 0 Å². The fraction of sp³-hybridized carbons (Fsp3) is 0.333. The van der Waals surface area contributed by atoms with Crippen LogP contribution in [0.2, 0.25) is 0 Å². The Morgan fingerprint density at radius 2 is 1.91 bits per heavy atom. The highest BCUT2D eigenvalue weighted by molar-refractivity contribution is 5.79. The third-order valence-electron chi connectivity index (χ3n) is 5.77. The van der Waals surface area contributed by atoms with Crippen LogP contribution in [0.25, 0.3) is 16.7 Å². The predicted molar refractivity (Wildman–Crippen MR) is 118 cm³/mol. The highest BCUT2D eigenvalue weighted by Gasteiger charge is 2.23. The number of amides is 1. The molecule has 5 rings (SSSR count). The van der Waals surface area contributed by atoms with Crippen molar-refractivity contribution in [3.05, 3.63) is 63.2 Å². The Morgan fingerprint density at radius 1 is 1.12 bits per heavy atom. The van der Waals surface area contributed by atoms with E-state index in [-0.39, 0.29) is 18.9 Å². The molecule has 0 unspecified atom stereocenters. The fourth-order valence-corrected chi connectivity index (χ4v) is 4.15.